The summed E-state index contributed by atoms with van der Waals surface area (Å²) in [4.78, 5) is 9.07. The molecule has 0 saturated heterocycles. The molecule has 0 N–H and O–H groups in total. The van der Waals surface area contributed by atoms with Gasteiger partial charge in [0.2, 0.25) is 0 Å². The molecule has 3 rings (SSSR count). The fraction of sp³-hybridized carbons (Fsp3) is 0.500. The van der Waals surface area contributed by atoms with Crippen LogP contribution in [0.25, 0.3) is 0 Å². The second kappa shape index (κ2) is 8.02. The monoisotopic (exact) mass is 331 g/mol. The van der Waals surface area contributed by atoms with Crippen molar-refractivity contribution in [1.29, 1.82) is 0 Å². The molecule has 0 spiro atoms. The zero-order valence-corrected chi connectivity index (χ0v) is 14.8. The van der Waals surface area contributed by atoms with Crippen molar-refractivity contribution in [2.45, 2.75) is 26.1 Å². The summed E-state index contributed by atoms with van der Waals surface area (Å²) in [6, 6.07) is 2.22. The fourth-order valence-electron chi connectivity index (χ4n) is 2.96. The summed E-state index contributed by atoms with van der Waals surface area (Å²) in [5.74, 6) is 0. The van der Waals surface area contributed by atoms with Gasteiger partial charge < -0.3 is 9.64 Å². The predicted octanol–water partition coefficient (Wildman–Crippen LogP) is 2.78. The molecule has 0 aromatic carbocycles. The summed E-state index contributed by atoms with van der Waals surface area (Å²) in [7, 11) is 4.13. The van der Waals surface area contributed by atoms with Crippen LogP contribution in [0, 0.1) is 0 Å². The summed E-state index contributed by atoms with van der Waals surface area (Å²) in [6.45, 7) is 5.53. The van der Waals surface area contributed by atoms with E-state index in [1.54, 1.807) is 11.3 Å². The van der Waals surface area contributed by atoms with Crippen molar-refractivity contribution in [1.82, 2.24) is 14.8 Å². The standard InChI is InChI=1S/C18H25N3OS/c1-20(2)6-7-22-13-17-10-19-9-16-12-21(5-3-18(16)17)11-15-4-8-23-14-15/h4,8-10,14H,3,5-7,11-13H2,1-2H3. The summed E-state index contributed by atoms with van der Waals surface area (Å²) < 4.78 is 5.81. The van der Waals surface area contributed by atoms with Crippen LogP contribution in [0.4, 0.5) is 0 Å². The molecule has 1 aliphatic heterocycles. The van der Waals surface area contributed by atoms with Gasteiger partial charge in [0.15, 0.2) is 0 Å². The molecule has 0 aliphatic carbocycles. The van der Waals surface area contributed by atoms with Gasteiger partial charge in [-0.05, 0) is 59.6 Å². The highest BCUT2D eigenvalue weighted by Gasteiger charge is 2.19. The third kappa shape index (κ3) is 4.61. The van der Waals surface area contributed by atoms with E-state index in [-0.39, 0.29) is 0 Å². The van der Waals surface area contributed by atoms with Crippen LogP contribution in [-0.4, -0.2) is 48.6 Å². The van der Waals surface area contributed by atoms with Gasteiger partial charge in [-0.1, -0.05) is 0 Å². The minimum atomic E-state index is 0.675. The van der Waals surface area contributed by atoms with E-state index < -0.39 is 0 Å². The number of likely N-dealkylation sites (N-methyl/N-ethyl adjacent to an activating group) is 1. The Labute approximate surface area is 142 Å². The third-order valence-electron chi connectivity index (χ3n) is 4.23. The fourth-order valence-corrected chi connectivity index (χ4v) is 3.62. The maximum atomic E-state index is 5.81. The summed E-state index contributed by atoms with van der Waals surface area (Å²) in [5, 5.41) is 4.39. The minimum absolute atomic E-state index is 0.675. The Kier molecular flexibility index (Phi) is 5.78. The van der Waals surface area contributed by atoms with Crippen molar-refractivity contribution in [3.63, 3.8) is 0 Å². The van der Waals surface area contributed by atoms with Crippen molar-refractivity contribution < 1.29 is 4.74 Å². The molecule has 0 atom stereocenters. The molecule has 2 aromatic heterocycles. The average molecular weight is 331 g/mol. The normalized spacial score (nSPS) is 15.1. The summed E-state index contributed by atoms with van der Waals surface area (Å²) in [6.07, 6.45) is 5.09. The van der Waals surface area contributed by atoms with E-state index in [9.17, 15) is 0 Å². The maximum Gasteiger partial charge on any atom is 0.0735 e. The number of fused-ring (bicyclic) bond motifs is 1. The number of hydrogen-bond acceptors (Lipinski definition) is 5. The first-order valence-corrected chi connectivity index (χ1v) is 9.07. The molecule has 5 heteroatoms. The van der Waals surface area contributed by atoms with Gasteiger partial charge in [0, 0.05) is 38.6 Å². The zero-order chi connectivity index (χ0) is 16.1. The van der Waals surface area contributed by atoms with Crippen molar-refractivity contribution in [3.05, 3.63) is 51.5 Å². The van der Waals surface area contributed by atoms with Gasteiger partial charge in [0.25, 0.3) is 0 Å². The van der Waals surface area contributed by atoms with Gasteiger partial charge in [-0.2, -0.15) is 11.3 Å². The van der Waals surface area contributed by atoms with Gasteiger partial charge >= 0.3 is 0 Å². The third-order valence-corrected chi connectivity index (χ3v) is 4.97. The first kappa shape index (κ1) is 16.6. The Balaban J connectivity index is 1.59. The Morgan fingerprint density at radius 2 is 2.26 bits per heavy atom. The van der Waals surface area contributed by atoms with Crippen LogP contribution in [0.5, 0.6) is 0 Å². The first-order chi connectivity index (χ1) is 11.2. The lowest BCUT2D eigenvalue weighted by Gasteiger charge is -2.29. The lowest BCUT2D eigenvalue weighted by molar-refractivity contribution is 0.104. The number of pyridine rings is 1. The van der Waals surface area contributed by atoms with E-state index >= 15 is 0 Å². The zero-order valence-electron chi connectivity index (χ0n) is 14.0. The molecule has 0 fully saturated rings. The molecule has 0 bridgehead atoms. The highest BCUT2D eigenvalue weighted by Crippen LogP contribution is 2.23. The number of thiophene rings is 1. The highest BCUT2D eigenvalue weighted by atomic mass is 32.1. The van der Waals surface area contributed by atoms with Gasteiger partial charge in [0.1, 0.15) is 0 Å². The SMILES string of the molecule is CN(C)CCOCc1cncc2c1CCN(Cc1ccsc1)C2. The van der Waals surface area contributed by atoms with Crippen molar-refractivity contribution >= 4 is 11.3 Å². The molecule has 0 amide bonds. The predicted molar refractivity (Wildman–Crippen MR) is 94.6 cm³/mol. The van der Waals surface area contributed by atoms with Crippen LogP contribution >= 0.6 is 11.3 Å². The van der Waals surface area contributed by atoms with Crippen LogP contribution in [0.2, 0.25) is 0 Å². The second-order valence-electron chi connectivity index (χ2n) is 6.38. The highest BCUT2D eigenvalue weighted by molar-refractivity contribution is 7.07. The van der Waals surface area contributed by atoms with Crippen LogP contribution in [0.1, 0.15) is 22.3 Å². The van der Waals surface area contributed by atoms with E-state index in [4.69, 9.17) is 4.74 Å². The molecule has 0 unspecified atom stereocenters. The van der Waals surface area contributed by atoms with Crippen molar-refractivity contribution in [3.8, 4) is 0 Å². The molecule has 4 nitrogen and oxygen atoms in total. The summed E-state index contributed by atoms with van der Waals surface area (Å²) in [5.41, 5.74) is 5.48. The Morgan fingerprint density at radius 1 is 1.35 bits per heavy atom. The molecular weight excluding hydrogens is 306 g/mol. The quantitative estimate of drug-likeness (QED) is 0.730. The number of rotatable bonds is 7. The van der Waals surface area contributed by atoms with E-state index in [1.807, 2.05) is 12.4 Å². The van der Waals surface area contributed by atoms with Crippen molar-refractivity contribution in [2.75, 3.05) is 33.8 Å². The number of aromatic nitrogens is 1. The summed E-state index contributed by atoms with van der Waals surface area (Å²) >= 11 is 1.77. The van der Waals surface area contributed by atoms with Crippen LogP contribution < -0.4 is 0 Å². The maximum absolute atomic E-state index is 5.81. The molecule has 23 heavy (non-hydrogen) atoms. The molecular formula is C18H25N3OS. The van der Waals surface area contributed by atoms with Crippen molar-refractivity contribution in [2.24, 2.45) is 0 Å². The Bertz CT molecular complexity index is 613. The number of nitrogens with zero attached hydrogens (tertiary/aromatic N) is 3. The van der Waals surface area contributed by atoms with Gasteiger partial charge in [-0.3, -0.25) is 9.88 Å². The average Bonchev–Trinajstić information content (AvgIpc) is 3.04. The van der Waals surface area contributed by atoms with E-state index in [1.165, 1.54) is 22.3 Å². The van der Waals surface area contributed by atoms with Gasteiger partial charge in [-0.15, -0.1) is 0 Å². The molecule has 2 aromatic rings. The smallest absolute Gasteiger partial charge is 0.0735 e. The van der Waals surface area contributed by atoms with Gasteiger partial charge in [0.05, 0.1) is 13.2 Å². The largest absolute Gasteiger partial charge is 0.375 e. The second-order valence-corrected chi connectivity index (χ2v) is 7.16. The minimum Gasteiger partial charge on any atom is -0.375 e. The topological polar surface area (TPSA) is 28.6 Å². The van der Waals surface area contributed by atoms with Crippen LogP contribution in [0.15, 0.2) is 29.2 Å². The first-order valence-electron chi connectivity index (χ1n) is 8.13. The van der Waals surface area contributed by atoms with E-state index in [0.717, 1.165) is 39.2 Å². The molecule has 124 valence electrons. The molecule has 0 radical (unpaired) electrons. The molecule has 3 heterocycles. The van der Waals surface area contributed by atoms with E-state index in [2.05, 4.69) is 45.7 Å². The lowest BCUT2D eigenvalue weighted by atomic mass is 9.97. The Hall–Kier alpha value is -1.27. The number of hydrogen-bond donors (Lipinski definition) is 0. The van der Waals surface area contributed by atoms with E-state index in [0.29, 0.717) is 6.61 Å². The van der Waals surface area contributed by atoms with Crippen LogP contribution in [-0.2, 0) is 30.9 Å². The van der Waals surface area contributed by atoms with Gasteiger partial charge in [-0.25, -0.2) is 0 Å². The molecule has 1 aliphatic rings. The Morgan fingerprint density at radius 3 is 3.04 bits per heavy atom. The van der Waals surface area contributed by atoms with Crippen LogP contribution in [0.3, 0.4) is 0 Å². The number of ether oxygens (including phenoxy) is 1. The lowest BCUT2D eigenvalue weighted by Crippen LogP contribution is -2.30. The molecule has 0 saturated carbocycles.